The van der Waals surface area contributed by atoms with Gasteiger partial charge in [-0.3, -0.25) is 10.1 Å². The molecule has 6 aromatic rings. The van der Waals surface area contributed by atoms with Crippen LogP contribution in [0.15, 0.2) is 121 Å². The summed E-state index contributed by atoms with van der Waals surface area (Å²) in [7, 11) is 0. The van der Waals surface area contributed by atoms with Gasteiger partial charge < -0.3 is 0 Å². The number of nitro benzene ring substituents is 1. The second kappa shape index (κ2) is 14.5. The molecule has 1 atom stereocenters. The standard InChI is InChI=1S/C38H27ClN4O6Se/c39-33-18-27(43(46)47)16-17-34(33)42-21-26(40-41-42)22-48-37-30(35(44)24-10-4-1-5-11-24)20-31(36(45)25-12-6-2-7-13-25)38-32(37)19-28(49-38)23-50-29-14-8-3-9-15-29/h1-18,20-21,28H,19,22-23H2. The van der Waals surface area contributed by atoms with Gasteiger partial charge in [-0.15, -0.1) is 0 Å². The second-order valence-corrected chi connectivity index (χ2v) is 14.1. The van der Waals surface area contributed by atoms with E-state index in [2.05, 4.69) is 22.4 Å². The Balaban J connectivity index is 1.26. The predicted molar refractivity (Wildman–Crippen MR) is 188 cm³/mol. The molecule has 0 N–H and O–H groups in total. The molecule has 0 radical (unpaired) electrons. The molecular weight excluding hydrogens is 723 g/mol. The third kappa shape index (κ3) is 6.93. The fourth-order valence-corrected chi connectivity index (χ4v) is 7.85. The summed E-state index contributed by atoms with van der Waals surface area (Å²) in [6.07, 6.45) is 1.80. The quantitative estimate of drug-likeness (QED) is 0.0592. The second-order valence-electron chi connectivity index (χ2n) is 11.4. The van der Waals surface area contributed by atoms with Crippen molar-refractivity contribution < 1.29 is 24.0 Å². The van der Waals surface area contributed by atoms with E-state index in [1.807, 2.05) is 30.3 Å². The first-order chi connectivity index (χ1) is 24.4. The average molecular weight is 750 g/mol. The Labute approximate surface area is 297 Å². The van der Waals surface area contributed by atoms with Crippen molar-refractivity contribution in [3.8, 4) is 17.2 Å². The van der Waals surface area contributed by atoms with Crippen molar-refractivity contribution in [3.63, 3.8) is 0 Å². The number of fused-ring (bicyclic) bond motifs is 1. The van der Waals surface area contributed by atoms with Crippen molar-refractivity contribution >= 4 is 48.3 Å². The van der Waals surface area contributed by atoms with E-state index in [4.69, 9.17) is 21.1 Å². The van der Waals surface area contributed by atoms with Gasteiger partial charge in [0.15, 0.2) is 0 Å². The van der Waals surface area contributed by atoms with Crippen LogP contribution in [0.3, 0.4) is 0 Å². The van der Waals surface area contributed by atoms with Gasteiger partial charge in [-0.05, 0) is 0 Å². The van der Waals surface area contributed by atoms with E-state index in [9.17, 15) is 19.7 Å². The number of hydrogen-bond donors (Lipinski definition) is 0. The van der Waals surface area contributed by atoms with Crippen molar-refractivity contribution in [2.24, 2.45) is 0 Å². The van der Waals surface area contributed by atoms with Crippen molar-refractivity contribution in [3.05, 3.63) is 170 Å². The maximum atomic E-state index is 14.2. The number of nitro groups is 1. The molecule has 50 heavy (non-hydrogen) atoms. The molecule has 0 aliphatic carbocycles. The summed E-state index contributed by atoms with van der Waals surface area (Å²) >= 11 is 6.44. The fraction of sp³-hybridized carbons (Fsp3) is 0.105. The fourth-order valence-electron chi connectivity index (χ4n) is 5.67. The molecule has 0 spiro atoms. The molecule has 5 aromatic carbocycles. The van der Waals surface area contributed by atoms with E-state index >= 15 is 0 Å². The first-order valence-corrected chi connectivity index (χ1v) is 18.0. The topological polar surface area (TPSA) is 126 Å². The molecule has 0 amide bonds. The number of ether oxygens (including phenoxy) is 2. The molecular formula is C38H27ClN4O6Se. The molecule has 248 valence electrons. The molecule has 12 heteroatoms. The van der Waals surface area contributed by atoms with Crippen LogP contribution in [0.2, 0.25) is 10.3 Å². The van der Waals surface area contributed by atoms with E-state index in [0.29, 0.717) is 51.6 Å². The zero-order chi connectivity index (χ0) is 34.6. The number of ketones is 2. The Morgan fingerprint density at radius 2 is 1.54 bits per heavy atom. The van der Waals surface area contributed by atoms with E-state index in [-0.39, 0.29) is 55.5 Å². The van der Waals surface area contributed by atoms with Gasteiger partial charge >= 0.3 is 255 Å². The number of non-ortho nitro benzene ring substituents is 1. The molecule has 1 unspecified atom stereocenters. The van der Waals surface area contributed by atoms with Crippen molar-refractivity contribution in [2.75, 3.05) is 0 Å². The van der Waals surface area contributed by atoms with E-state index in [0.717, 1.165) is 5.32 Å². The van der Waals surface area contributed by atoms with Gasteiger partial charge in [0, 0.05) is 12.1 Å². The Hall–Kier alpha value is -5.61. The van der Waals surface area contributed by atoms with Gasteiger partial charge in [0.2, 0.25) is 0 Å². The minimum atomic E-state index is -0.529. The van der Waals surface area contributed by atoms with Crippen LogP contribution in [-0.2, 0) is 13.0 Å². The first-order valence-electron chi connectivity index (χ1n) is 15.6. The van der Waals surface area contributed by atoms with Crippen LogP contribution in [0.5, 0.6) is 11.5 Å². The van der Waals surface area contributed by atoms with E-state index in [1.165, 1.54) is 27.3 Å². The summed E-state index contributed by atoms with van der Waals surface area (Å²) in [5.41, 5.74) is 2.76. The zero-order valence-corrected chi connectivity index (χ0v) is 28.7. The maximum absolute atomic E-state index is 14.2. The number of halogens is 1. The summed E-state index contributed by atoms with van der Waals surface area (Å²) in [5, 5.41) is 20.4. The molecule has 10 nitrogen and oxygen atoms in total. The van der Waals surface area contributed by atoms with Crippen LogP contribution in [0.4, 0.5) is 5.69 Å². The average Bonchev–Trinajstić information content (AvgIpc) is 3.81. The summed E-state index contributed by atoms with van der Waals surface area (Å²) in [6, 6.07) is 33.6. The van der Waals surface area contributed by atoms with Gasteiger partial charge in [0.1, 0.15) is 0 Å². The van der Waals surface area contributed by atoms with Crippen LogP contribution < -0.4 is 13.9 Å². The van der Waals surface area contributed by atoms with Gasteiger partial charge in [0.25, 0.3) is 5.69 Å². The van der Waals surface area contributed by atoms with Crippen LogP contribution in [0, 0.1) is 10.1 Å². The van der Waals surface area contributed by atoms with E-state index in [1.54, 1.807) is 60.8 Å². The number of aromatic nitrogens is 3. The van der Waals surface area contributed by atoms with Crippen molar-refractivity contribution in [2.45, 2.75) is 24.5 Å². The third-order valence-electron chi connectivity index (χ3n) is 8.08. The molecule has 0 saturated heterocycles. The molecule has 1 aromatic heterocycles. The Kier molecular flexibility index (Phi) is 9.53. The molecule has 1 aliphatic heterocycles. The number of rotatable bonds is 12. The first kappa shape index (κ1) is 32.9. The van der Waals surface area contributed by atoms with Crippen molar-refractivity contribution in [1.29, 1.82) is 0 Å². The monoisotopic (exact) mass is 750 g/mol. The predicted octanol–water partition coefficient (Wildman–Crippen LogP) is 6.62. The molecule has 0 saturated carbocycles. The van der Waals surface area contributed by atoms with Crippen LogP contribution in [0.25, 0.3) is 5.69 Å². The number of carbonyl (C=O) groups excluding carboxylic acids is 2. The van der Waals surface area contributed by atoms with Gasteiger partial charge in [-0.1, -0.05) is 11.6 Å². The van der Waals surface area contributed by atoms with Crippen LogP contribution in [0.1, 0.15) is 43.1 Å². The normalized spacial score (nSPS) is 13.3. The number of hydrogen-bond acceptors (Lipinski definition) is 8. The number of nitrogens with zero attached hydrogens (tertiary/aromatic N) is 4. The third-order valence-corrected chi connectivity index (χ3v) is 10.8. The molecule has 0 bridgehead atoms. The number of benzene rings is 5. The van der Waals surface area contributed by atoms with Crippen LogP contribution >= 0.6 is 11.6 Å². The van der Waals surface area contributed by atoms with Gasteiger partial charge in [-0.25, -0.2) is 0 Å². The van der Waals surface area contributed by atoms with Gasteiger partial charge in [-0.2, -0.15) is 0 Å². The van der Waals surface area contributed by atoms with Crippen LogP contribution in [-0.4, -0.2) is 52.5 Å². The molecule has 1 aliphatic rings. The Morgan fingerprint density at radius 1 is 0.900 bits per heavy atom. The summed E-state index contributed by atoms with van der Waals surface area (Å²) < 4.78 is 15.6. The summed E-state index contributed by atoms with van der Waals surface area (Å²) in [5.74, 6) is 0.168. The molecule has 7 rings (SSSR count). The Morgan fingerprint density at radius 3 is 2.18 bits per heavy atom. The van der Waals surface area contributed by atoms with Gasteiger partial charge in [0.05, 0.1) is 4.92 Å². The zero-order valence-electron chi connectivity index (χ0n) is 26.3. The summed E-state index contributed by atoms with van der Waals surface area (Å²) in [4.78, 5) is 38.8. The number of carbonyl (C=O) groups is 2. The molecule has 2 heterocycles. The van der Waals surface area contributed by atoms with E-state index < -0.39 is 4.92 Å². The Bertz CT molecular complexity index is 2210. The SMILES string of the molecule is O=C(c1ccccc1)c1cc(C(=O)c2ccccc2)c2c(c1OCc1cn(-c3ccc([N+](=O)[O-])cc3Cl)nn1)CC(C[Se]c1ccccc1)O2. The summed E-state index contributed by atoms with van der Waals surface area (Å²) in [6.45, 7) is -0.0727. The molecule has 0 fully saturated rings. The minimum absolute atomic E-state index is 0.0727. The van der Waals surface area contributed by atoms with Crippen molar-refractivity contribution in [1.82, 2.24) is 15.0 Å².